The van der Waals surface area contributed by atoms with Crippen LogP contribution in [0.3, 0.4) is 0 Å². The highest BCUT2D eigenvalue weighted by Crippen LogP contribution is 2.23. The highest BCUT2D eigenvalue weighted by Gasteiger charge is 2.06. The molecule has 0 unspecified atom stereocenters. The van der Waals surface area contributed by atoms with E-state index >= 15 is 0 Å². The molecule has 0 fully saturated rings. The maximum Gasteiger partial charge on any atom is 0.319 e. The van der Waals surface area contributed by atoms with Crippen LogP contribution in [0.5, 0.6) is 5.75 Å². The van der Waals surface area contributed by atoms with Gasteiger partial charge in [0.25, 0.3) is 0 Å². The van der Waals surface area contributed by atoms with Gasteiger partial charge in [-0.25, -0.2) is 4.79 Å². The Bertz CT molecular complexity index is 638. The number of carbonyl (C=O) groups excluding carboxylic acids is 1. The van der Waals surface area contributed by atoms with E-state index in [0.29, 0.717) is 31.2 Å². The number of hydrogen-bond acceptors (Lipinski definition) is 4. The number of para-hydroxylation sites is 2. The summed E-state index contributed by atoms with van der Waals surface area (Å²) in [6, 6.07) is 17.4. The third kappa shape index (κ3) is 7.49. The van der Waals surface area contributed by atoms with Crippen molar-refractivity contribution < 1.29 is 14.3 Å². The maximum atomic E-state index is 12.0. The molecule has 134 valence electrons. The minimum absolute atomic E-state index is 0.229. The van der Waals surface area contributed by atoms with Gasteiger partial charge >= 0.3 is 6.03 Å². The Morgan fingerprint density at radius 2 is 1.80 bits per heavy atom. The van der Waals surface area contributed by atoms with Crippen LogP contribution in [0.1, 0.15) is 6.42 Å². The fourth-order valence-electron chi connectivity index (χ4n) is 2.08. The molecule has 0 aromatic heterocycles. The fraction of sp³-hybridized carbons (Fsp3) is 0.316. The monoisotopic (exact) mass is 360 g/mol. The van der Waals surface area contributed by atoms with Crippen LogP contribution in [0.4, 0.5) is 10.5 Å². The first-order valence-corrected chi connectivity index (χ1v) is 9.21. The molecule has 2 amide bonds. The van der Waals surface area contributed by atoms with E-state index in [-0.39, 0.29) is 6.03 Å². The van der Waals surface area contributed by atoms with Crippen molar-refractivity contribution in [1.29, 1.82) is 0 Å². The lowest BCUT2D eigenvalue weighted by Gasteiger charge is -2.12. The first-order chi connectivity index (χ1) is 12.3. The van der Waals surface area contributed by atoms with Crippen LogP contribution in [0, 0.1) is 0 Å². The van der Waals surface area contributed by atoms with Gasteiger partial charge in [0, 0.05) is 18.6 Å². The van der Waals surface area contributed by atoms with Gasteiger partial charge in [0.05, 0.1) is 12.3 Å². The van der Waals surface area contributed by atoms with Crippen LogP contribution in [0.2, 0.25) is 0 Å². The van der Waals surface area contributed by atoms with E-state index in [2.05, 4.69) is 22.8 Å². The first-order valence-electron chi connectivity index (χ1n) is 8.23. The van der Waals surface area contributed by atoms with Crippen LogP contribution < -0.4 is 15.4 Å². The highest BCUT2D eigenvalue weighted by molar-refractivity contribution is 7.99. The molecular weight excluding hydrogens is 336 g/mol. The predicted molar refractivity (Wildman–Crippen MR) is 103 cm³/mol. The summed E-state index contributed by atoms with van der Waals surface area (Å²) >= 11 is 1.79. The van der Waals surface area contributed by atoms with E-state index in [0.717, 1.165) is 12.2 Å². The molecule has 0 atom stereocenters. The molecule has 25 heavy (non-hydrogen) atoms. The molecule has 0 radical (unpaired) electrons. The second kappa shape index (κ2) is 11.4. The number of ether oxygens (including phenoxy) is 2. The van der Waals surface area contributed by atoms with E-state index in [1.54, 1.807) is 18.9 Å². The van der Waals surface area contributed by atoms with Crippen molar-refractivity contribution in [3.63, 3.8) is 0 Å². The Hall–Kier alpha value is -2.18. The summed E-state index contributed by atoms with van der Waals surface area (Å²) in [7, 11) is 1.62. The summed E-state index contributed by atoms with van der Waals surface area (Å²) in [5.41, 5.74) is 0.648. The van der Waals surface area contributed by atoms with Gasteiger partial charge in [-0.2, -0.15) is 0 Å². The number of methoxy groups -OCH3 is 1. The molecule has 6 heteroatoms. The molecule has 0 saturated carbocycles. The van der Waals surface area contributed by atoms with E-state index < -0.39 is 0 Å². The molecule has 5 nitrogen and oxygen atoms in total. The van der Waals surface area contributed by atoms with E-state index in [1.165, 1.54) is 4.90 Å². The number of thioether (sulfide) groups is 1. The molecule has 0 spiro atoms. The smallest absolute Gasteiger partial charge is 0.319 e. The topological polar surface area (TPSA) is 59.6 Å². The third-order valence-corrected chi connectivity index (χ3v) is 4.40. The zero-order chi connectivity index (χ0) is 17.7. The van der Waals surface area contributed by atoms with Crippen molar-refractivity contribution in [2.24, 2.45) is 0 Å². The van der Waals surface area contributed by atoms with Crippen molar-refractivity contribution in [3.05, 3.63) is 54.6 Å². The Morgan fingerprint density at radius 1 is 1.04 bits per heavy atom. The van der Waals surface area contributed by atoms with E-state index in [4.69, 9.17) is 9.47 Å². The normalized spacial score (nSPS) is 10.3. The molecule has 0 aliphatic heterocycles. The van der Waals surface area contributed by atoms with Crippen LogP contribution in [-0.4, -0.2) is 38.7 Å². The average molecular weight is 360 g/mol. The Labute approximate surface area is 153 Å². The number of hydrogen-bond donors (Lipinski definition) is 2. The summed E-state index contributed by atoms with van der Waals surface area (Å²) in [6.45, 7) is 1.56. The van der Waals surface area contributed by atoms with Gasteiger partial charge in [-0.1, -0.05) is 30.3 Å². The van der Waals surface area contributed by atoms with Gasteiger partial charge in [-0.05, 0) is 36.4 Å². The number of carbonyl (C=O) groups is 1. The minimum Gasteiger partial charge on any atom is -0.489 e. The first kappa shape index (κ1) is 19.1. The lowest BCUT2D eigenvalue weighted by molar-refractivity contribution is 0.146. The maximum absolute atomic E-state index is 12.0. The molecule has 2 aromatic rings. The van der Waals surface area contributed by atoms with Crippen molar-refractivity contribution in [2.45, 2.75) is 11.3 Å². The van der Waals surface area contributed by atoms with E-state index in [9.17, 15) is 4.79 Å². The largest absolute Gasteiger partial charge is 0.489 e. The second-order valence-electron chi connectivity index (χ2n) is 5.23. The van der Waals surface area contributed by atoms with Gasteiger partial charge in [0.1, 0.15) is 12.4 Å². The Morgan fingerprint density at radius 3 is 2.60 bits per heavy atom. The van der Waals surface area contributed by atoms with E-state index in [1.807, 2.05) is 42.5 Å². The van der Waals surface area contributed by atoms with Crippen molar-refractivity contribution >= 4 is 23.5 Å². The summed E-state index contributed by atoms with van der Waals surface area (Å²) in [5, 5.41) is 5.69. The molecule has 2 aromatic carbocycles. The number of anilines is 1. The van der Waals surface area contributed by atoms with Crippen molar-refractivity contribution in [1.82, 2.24) is 5.32 Å². The van der Waals surface area contributed by atoms with Crippen LogP contribution in [-0.2, 0) is 4.74 Å². The lowest BCUT2D eigenvalue weighted by Crippen LogP contribution is -2.30. The molecule has 0 saturated heterocycles. The Kier molecular flexibility index (Phi) is 8.72. The number of amides is 2. The number of urea groups is 1. The van der Waals surface area contributed by atoms with Gasteiger partial charge < -0.3 is 20.1 Å². The zero-order valence-corrected chi connectivity index (χ0v) is 15.2. The van der Waals surface area contributed by atoms with Crippen LogP contribution >= 0.6 is 11.8 Å². The summed E-state index contributed by atoms with van der Waals surface area (Å²) in [4.78, 5) is 13.3. The van der Waals surface area contributed by atoms with Crippen LogP contribution in [0.15, 0.2) is 59.5 Å². The molecule has 0 aliphatic rings. The van der Waals surface area contributed by atoms with Crippen molar-refractivity contribution in [2.75, 3.05) is 37.9 Å². The zero-order valence-electron chi connectivity index (χ0n) is 14.4. The second-order valence-corrected chi connectivity index (χ2v) is 6.40. The summed E-state index contributed by atoms with van der Waals surface area (Å²) in [6.07, 6.45) is 0.902. The number of nitrogens with one attached hydrogen (secondary N) is 2. The lowest BCUT2D eigenvalue weighted by atomic mass is 10.3. The predicted octanol–water partition coefficient (Wildman–Crippen LogP) is 4.02. The molecule has 0 heterocycles. The van der Waals surface area contributed by atoms with Gasteiger partial charge in [-0.3, -0.25) is 0 Å². The summed E-state index contributed by atoms with van der Waals surface area (Å²) < 4.78 is 10.6. The molecule has 2 rings (SSSR count). The molecule has 0 bridgehead atoms. The quantitative estimate of drug-likeness (QED) is 0.496. The summed E-state index contributed by atoms with van der Waals surface area (Å²) in [5.74, 6) is 1.59. The highest BCUT2D eigenvalue weighted by atomic mass is 32.2. The third-order valence-electron chi connectivity index (χ3n) is 3.30. The fourth-order valence-corrected chi connectivity index (χ4v) is 2.95. The molecule has 0 aliphatic carbocycles. The molecular formula is C19H24N2O3S. The minimum atomic E-state index is -0.229. The number of rotatable bonds is 10. The van der Waals surface area contributed by atoms with Crippen molar-refractivity contribution in [3.8, 4) is 5.75 Å². The van der Waals surface area contributed by atoms with Crippen LogP contribution in [0.25, 0.3) is 0 Å². The molecule has 2 N–H and O–H groups in total. The SMILES string of the molecule is COCCOc1ccccc1NC(=O)NCCCSc1ccccc1. The van der Waals surface area contributed by atoms with Gasteiger partial charge in [-0.15, -0.1) is 11.8 Å². The van der Waals surface area contributed by atoms with Gasteiger partial charge in [0.15, 0.2) is 0 Å². The standard InChI is InChI=1S/C19H24N2O3S/c1-23-13-14-24-18-11-6-5-10-17(18)21-19(22)20-12-7-15-25-16-8-3-2-4-9-16/h2-6,8-11H,7,12-15H2,1H3,(H2,20,21,22). The number of benzene rings is 2. The Balaban J connectivity index is 1.68. The van der Waals surface area contributed by atoms with Gasteiger partial charge in [0.2, 0.25) is 0 Å². The average Bonchev–Trinajstić information content (AvgIpc) is 2.64.